The van der Waals surface area contributed by atoms with Crippen LogP contribution in [0.25, 0.3) is 0 Å². The third kappa shape index (κ3) is 1.44. The smallest absolute Gasteiger partial charge is 0.0209 e. The van der Waals surface area contributed by atoms with Crippen LogP contribution in [0.2, 0.25) is 0 Å². The molecule has 0 radical (unpaired) electrons. The van der Waals surface area contributed by atoms with Crippen molar-refractivity contribution in [3.8, 4) is 0 Å². The largest absolute Gasteiger partial charge is 0.378 e. The van der Waals surface area contributed by atoms with E-state index in [1.807, 2.05) is 5.57 Å². The van der Waals surface area contributed by atoms with Gasteiger partial charge in [0, 0.05) is 25.2 Å². The molecule has 2 atom stereocenters. The van der Waals surface area contributed by atoms with E-state index < -0.39 is 0 Å². The Labute approximate surface area is 92.8 Å². The van der Waals surface area contributed by atoms with Crippen molar-refractivity contribution in [1.29, 1.82) is 0 Å². The third-order valence-electron chi connectivity index (χ3n) is 4.68. The molecule has 1 aliphatic heterocycles. The predicted octanol–water partition coefficient (Wildman–Crippen LogP) is 3.34. The van der Waals surface area contributed by atoms with Gasteiger partial charge in [0.1, 0.15) is 0 Å². The van der Waals surface area contributed by atoms with Crippen LogP contribution < -0.4 is 0 Å². The van der Waals surface area contributed by atoms with Gasteiger partial charge in [0.15, 0.2) is 0 Å². The fraction of sp³-hybridized carbons (Fsp3) is 0.714. The van der Waals surface area contributed by atoms with Crippen LogP contribution in [0.15, 0.2) is 23.4 Å². The first-order valence-electron chi connectivity index (χ1n) is 6.35. The minimum atomic E-state index is 0.784. The lowest BCUT2D eigenvalue weighted by molar-refractivity contribution is 0.370. The van der Waals surface area contributed by atoms with Crippen LogP contribution in [-0.2, 0) is 0 Å². The second kappa shape index (κ2) is 3.40. The molecule has 3 aliphatic rings. The van der Waals surface area contributed by atoms with Crippen molar-refractivity contribution < 1.29 is 0 Å². The highest BCUT2D eigenvalue weighted by Gasteiger charge is 2.38. The van der Waals surface area contributed by atoms with Crippen molar-refractivity contribution in [3.05, 3.63) is 23.4 Å². The number of rotatable bonds is 0. The Morgan fingerprint density at radius 1 is 1.13 bits per heavy atom. The molecule has 0 aromatic carbocycles. The average Bonchev–Trinajstić information content (AvgIpc) is 2.52. The predicted molar refractivity (Wildman–Crippen MR) is 63.5 cm³/mol. The summed E-state index contributed by atoms with van der Waals surface area (Å²) in [5.74, 6) is 1.67. The van der Waals surface area contributed by atoms with Gasteiger partial charge in [-0.25, -0.2) is 0 Å². The minimum absolute atomic E-state index is 0.784. The Bertz CT molecular complexity index is 326. The summed E-state index contributed by atoms with van der Waals surface area (Å²) >= 11 is 0. The fourth-order valence-corrected chi connectivity index (χ4v) is 3.75. The lowest BCUT2D eigenvalue weighted by Crippen LogP contribution is -2.21. The fourth-order valence-electron chi connectivity index (χ4n) is 3.75. The van der Waals surface area contributed by atoms with Gasteiger partial charge in [0.25, 0.3) is 0 Å². The molecule has 0 saturated carbocycles. The van der Waals surface area contributed by atoms with Crippen molar-refractivity contribution >= 4 is 0 Å². The van der Waals surface area contributed by atoms with Crippen LogP contribution in [0, 0.1) is 11.8 Å². The van der Waals surface area contributed by atoms with Gasteiger partial charge in [-0.15, -0.1) is 0 Å². The molecule has 0 bridgehead atoms. The summed E-state index contributed by atoms with van der Waals surface area (Å²) in [6, 6.07) is 0. The molecular formula is C14H21N. The Kier molecular flexibility index (Phi) is 2.15. The van der Waals surface area contributed by atoms with Gasteiger partial charge >= 0.3 is 0 Å². The average molecular weight is 203 g/mol. The highest BCUT2D eigenvalue weighted by molar-refractivity contribution is 5.27. The number of hydrogen-bond acceptors (Lipinski definition) is 1. The zero-order valence-corrected chi connectivity index (χ0v) is 9.76. The Hall–Kier alpha value is -0.720. The van der Waals surface area contributed by atoms with Gasteiger partial charge in [-0.3, -0.25) is 0 Å². The quantitative estimate of drug-likeness (QED) is 0.546. The first kappa shape index (κ1) is 9.50. The third-order valence-corrected chi connectivity index (χ3v) is 4.68. The molecule has 1 heteroatoms. The summed E-state index contributed by atoms with van der Waals surface area (Å²) in [6.45, 7) is 5.51. The first-order chi connectivity index (χ1) is 7.25. The number of likely N-dealkylation sites (tertiary alicyclic amines) is 1. The van der Waals surface area contributed by atoms with Crippen molar-refractivity contribution in [2.45, 2.75) is 38.5 Å². The van der Waals surface area contributed by atoms with Crippen molar-refractivity contribution in [2.75, 3.05) is 13.6 Å². The molecule has 1 nitrogen and oxygen atoms in total. The molecule has 0 N–H and O–H groups in total. The number of nitrogens with zero attached hydrogens (tertiary/aromatic N) is 1. The van der Waals surface area contributed by atoms with Gasteiger partial charge < -0.3 is 4.90 Å². The van der Waals surface area contributed by atoms with Crippen molar-refractivity contribution in [3.63, 3.8) is 0 Å². The van der Waals surface area contributed by atoms with Crippen molar-refractivity contribution in [1.82, 2.24) is 4.90 Å². The van der Waals surface area contributed by atoms with Crippen LogP contribution in [0.4, 0.5) is 0 Å². The SMILES string of the molecule is C=C1C2CC3=C(CCCC3)CC2CN1C. The molecule has 2 aliphatic carbocycles. The van der Waals surface area contributed by atoms with E-state index in [9.17, 15) is 0 Å². The van der Waals surface area contributed by atoms with E-state index in [4.69, 9.17) is 0 Å². The highest BCUT2D eigenvalue weighted by Crippen LogP contribution is 2.47. The van der Waals surface area contributed by atoms with Crippen LogP contribution in [0.1, 0.15) is 38.5 Å². The summed E-state index contributed by atoms with van der Waals surface area (Å²) < 4.78 is 0. The van der Waals surface area contributed by atoms with Crippen LogP contribution in [-0.4, -0.2) is 18.5 Å². The first-order valence-corrected chi connectivity index (χ1v) is 6.35. The molecular weight excluding hydrogens is 182 g/mol. The van der Waals surface area contributed by atoms with E-state index >= 15 is 0 Å². The van der Waals surface area contributed by atoms with Crippen molar-refractivity contribution in [2.24, 2.45) is 11.8 Å². The molecule has 3 rings (SSSR count). The monoisotopic (exact) mass is 203 g/mol. The van der Waals surface area contributed by atoms with E-state index in [0.29, 0.717) is 0 Å². The molecule has 1 saturated heterocycles. The lowest BCUT2D eigenvalue weighted by Gasteiger charge is -2.32. The maximum absolute atomic E-state index is 4.26. The Balaban J connectivity index is 1.86. The lowest BCUT2D eigenvalue weighted by atomic mass is 9.72. The van der Waals surface area contributed by atoms with E-state index in [1.54, 1.807) is 5.57 Å². The molecule has 0 spiro atoms. The summed E-state index contributed by atoms with van der Waals surface area (Å²) in [5, 5.41) is 0. The van der Waals surface area contributed by atoms with Gasteiger partial charge in [-0.05, 0) is 44.4 Å². The summed E-state index contributed by atoms with van der Waals surface area (Å²) in [7, 11) is 2.21. The maximum atomic E-state index is 4.26. The summed E-state index contributed by atoms with van der Waals surface area (Å²) in [6.07, 6.45) is 8.36. The number of hydrogen-bond donors (Lipinski definition) is 0. The second-order valence-corrected chi connectivity index (χ2v) is 5.56. The van der Waals surface area contributed by atoms with Crippen LogP contribution in [0.5, 0.6) is 0 Å². The number of fused-ring (bicyclic) bond motifs is 1. The van der Waals surface area contributed by atoms with Gasteiger partial charge in [-0.2, -0.15) is 0 Å². The maximum Gasteiger partial charge on any atom is 0.0209 e. The molecule has 1 fully saturated rings. The second-order valence-electron chi connectivity index (χ2n) is 5.56. The highest BCUT2D eigenvalue weighted by atomic mass is 15.1. The van der Waals surface area contributed by atoms with Crippen LogP contribution in [0.3, 0.4) is 0 Å². The molecule has 1 heterocycles. The molecule has 2 unspecified atom stereocenters. The standard InChI is InChI=1S/C14H21N/c1-10-14-8-12-6-4-3-5-11(12)7-13(14)9-15(10)2/h13-14H,1,3-9H2,2H3. The Morgan fingerprint density at radius 2 is 1.80 bits per heavy atom. The number of allylic oxidation sites excluding steroid dienone is 3. The zero-order chi connectivity index (χ0) is 10.4. The summed E-state index contributed by atoms with van der Waals surface area (Å²) in [4.78, 5) is 2.38. The van der Waals surface area contributed by atoms with Gasteiger partial charge in [-0.1, -0.05) is 17.7 Å². The molecule has 15 heavy (non-hydrogen) atoms. The minimum Gasteiger partial charge on any atom is -0.378 e. The van der Waals surface area contributed by atoms with Crippen LogP contribution >= 0.6 is 0 Å². The van der Waals surface area contributed by atoms with E-state index in [0.717, 1.165) is 11.8 Å². The zero-order valence-electron chi connectivity index (χ0n) is 9.76. The molecule has 0 aromatic rings. The van der Waals surface area contributed by atoms with Gasteiger partial charge in [0.2, 0.25) is 0 Å². The summed E-state index contributed by atoms with van der Waals surface area (Å²) in [5.41, 5.74) is 5.03. The molecule has 82 valence electrons. The van der Waals surface area contributed by atoms with E-state index in [-0.39, 0.29) is 0 Å². The van der Waals surface area contributed by atoms with E-state index in [1.165, 1.54) is 50.8 Å². The topological polar surface area (TPSA) is 3.24 Å². The van der Waals surface area contributed by atoms with E-state index in [2.05, 4.69) is 18.5 Å². The molecule has 0 amide bonds. The normalized spacial score (nSPS) is 35.5. The molecule has 0 aromatic heterocycles. The Morgan fingerprint density at radius 3 is 2.53 bits per heavy atom. The van der Waals surface area contributed by atoms with Gasteiger partial charge in [0.05, 0.1) is 0 Å².